The number of aromatic nitrogens is 4. The van der Waals surface area contributed by atoms with Gasteiger partial charge in [0.25, 0.3) is 5.69 Å². The summed E-state index contributed by atoms with van der Waals surface area (Å²) in [6, 6.07) is 8.36. The molecule has 1 aromatic carbocycles. The Morgan fingerprint density at radius 2 is 2.16 bits per heavy atom. The second-order valence-electron chi connectivity index (χ2n) is 5.42. The summed E-state index contributed by atoms with van der Waals surface area (Å²) in [5.74, 6) is 0.565. The van der Waals surface area contributed by atoms with Crippen LogP contribution >= 0.6 is 0 Å². The zero-order chi connectivity index (χ0) is 17.4. The van der Waals surface area contributed by atoms with Crippen molar-refractivity contribution in [1.82, 2.24) is 20.2 Å². The molecule has 0 atom stereocenters. The molecule has 3 aromatic heterocycles. The lowest BCUT2D eigenvalue weighted by Gasteiger charge is -2.06. The van der Waals surface area contributed by atoms with E-state index in [2.05, 4.69) is 20.2 Å². The first-order valence-corrected chi connectivity index (χ1v) is 7.38. The van der Waals surface area contributed by atoms with E-state index in [0.717, 1.165) is 10.9 Å². The van der Waals surface area contributed by atoms with Gasteiger partial charge in [-0.15, -0.1) is 0 Å². The van der Waals surface area contributed by atoms with Crippen LogP contribution in [-0.4, -0.2) is 25.1 Å². The number of benzene rings is 1. The average molecular weight is 336 g/mol. The van der Waals surface area contributed by atoms with Crippen LogP contribution in [0.3, 0.4) is 0 Å². The molecule has 9 heteroatoms. The molecule has 3 N–H and O–H groups in total. The maximum Gasteiger partial charge on any atom is 0.280 e. The Bertz CT molecular complexity index is 1070. The van der Waals surface area contributed by atoms with Crippen molar-refractivity contribution < 1.29 is 9.34 Å². The van der Waals surface area contributed by atoms with Crippen LogP contribution in [0.1, 0.15) is 11.3 Å². The van der Waals surface area contributed by atoms with Gasteiger partial charge in [0.05, 0.1) is 34.0 Å². The van der Waals surface area contributed by atoms with Crippen LogP contribution in [0.5, 0.6) is 0 Å². The molecule has 0 bridgehead atoms. The fourth-order valence-corrected chi connectivity index (χ4v) is 2.72. The van der Waals surface area contributed by atoms with E-state index >= 15 is 0 Å². The summed E-state index contributed by atoms with van der Waals surface area (Å²) in [7, 11) is 0. The van der Waals surface area contributed by atoms with E-state index in [4.69, 9.17) is 10.2 Å². The molecule has 4 rings (SSSR count). The van der Waals surface area contributed by atoms with Gasteiger partial charge in [0.2, 0.25) is 5.95 Å². The normalized spacial score (nSPS) is 11.0. The highest BCUT2D eigenvalue weighted by Gasteiger charge is 2.19. The lowest BCUT2D eigenvalue weighted by atomic mass is 10.0. The zero-order valence-electron chi connectivity index (χ0n) is 12.8. The number of nitrogens with zero attached hydrogens (tertiary/aromatic N) is 4. The van der Waals surface area contributed by atoms with Crippen LogP contribution in [-0.2, 0) is 6.42 Å². The Balaban J connectivity index is 1.77. The predicted molar refractivity (Wildman–Crippen MR) is 89.7 cm³/mol. The van der Waals surface area contributed by atoms with Crippen molar-refractivity contribution in [1.29, 1.82) is 0 Å². The molecule has 0 aliphatic heterocycles. The summed E-state index contributed by atoms with van der Waals surface area (Å²) < 4.78 is 5.28. The van der Waals surface area contributed by atoms with Gasteiger partial charge in [-0.1, -0.05) is 6.07 Å². The fourth-order valence-electron chi connectivity index (χ4n) is 2.72. The standard InChI is InChI=1S/C16H12N6O3/c17-16-19-12(11-8-18-21-15(11)20-16)6-9-3-4-10(13(7-9)22(23)24)14-2-1-5-25-14/h1-5,7-8H,6H2,(H3,17,18,19,20,21). The Kier molecular flexibility index (Phi) is 3.38. The number of nitro benzene ring substituents is 1. The summed E-state index contributed by atoms with van der Waals surface area (Å²) in [6.07, 6.45) is 3.45. The largest absolute Gasteiger partial charge is 0.464 e. The molecule has 0 fully saturated rings. The Morgan fingerprint density at radius 3 is 2.92 bits per heavy atom. The molecule has 25 heavy (non-hydrogen) atoms. The highest BCUT2D eigenvalue weighted by molar-refractivity contribution is 5.78. The first kappa shape index (κ1) is 14.8. The van der Waals surface area contributed by atoms with Crippen molar-refractivity contribution in [2.24, 2.45) is 0 Å². The third-order valence-electron chi connectivity index (χ3n) is 3.82. The van der Waals surface area contributed by atoms with Gasteiger partial charge >= 0.3 is 0 Å². The number of nitrogen functional groups attached to an aromatic ring is 1. The average Bonchev–Trinajstić information content (AvgIpc) is 3.25. The van der Waals surface area contributed by atoms with Gasteiger partial charge in [-0.2, -0.15) is 10.1 Å². The van der Waals surface area contributed by atoms with Crippen LogP contribution in [0.25, 0.3) is 22.4 Å². The molecule has 9 nitrogen and oxygen atoms in total. The number of rotatable bonds is 4. The molecule has 4 aromatic rings. The van der Waals surface area contributed by atoms with E-state index in [1.54, 1.807) is 30.5 Å². The van der Waals surface area contributed by atoms with E-state index in [9.17, 15) is 10.1 Å². The van der Waals surface area contributed by atoms with Gasteiger partial charge in [-0.3, -0.25) is 15.2 Å². The van der Waals surface area contributed by atoms with Crippen molar-refractivity contribution in [3.05, 3.63) is 64.2 Å². The molecule has 124 valence electrons. The zero-order valence-corrected chi connectivity index (χ0v) is 12.8. The molecular formula is C16H12N6O3. The Labute approximate surface area is 140 Å². The smallest absolute Gasteiger partial charge is 0.280 e. The first-order chi connectivity index (χ1) is 12.1. The van der Waals surface area contributed by atoms with Gasteiger partial charge < -0.3 is 10.2 Å². The minimum absolute atomic E-state index is 0.0297. The predicted octanol–water partition coefficient (Wildman–Crippen LogP) is 2.69. The van der Waals surface area contributed by atoms with Crippen LogP contribution in [0, 0.1) is 10.1 Å². The number of H-pyrrole nitrogens is 1. The summed E-state index contributed by atoms with van der Waals surface area (Å²) in [5.41, 5.74) is 8.01. The molecule has 0 unspecified atom stereocenters. The van der Waals surface area contributed by atoms with E-state index < -0.39 is 4.92 Å². The second kappa shape index (κ2) is 5.71. The Morgan fingerprint density at radius 1 is 1.28 bits per heavy atom. The molecule has 0 saturated carbocycles. The number of aromatic amines is 1. The van der Waals surface area contributed by atoms with Crippen molar-refractivity contribution in [2.45, 2.75) is 6.42 Å². The molecule has 0 spiro atoms. The molecule has 0 aliphatic rings. The van der Waals surface area contributed by atoms with Crippen LogP contribution in [0.4, 0.5) is 11.6 Å². The van der Waals surface area contributed by atoms with Gasteiger partial charge in [0.1, 0.15) is 5.76 Å². The number of nitro groups is 1. The number of anilines is 1. The van der Waals surface area contributed by atoms with E-state index in [0.29, 0.717) is 29.1 Å². The third-order valence-corrected chi connectivity index (χ3v) is 3.82. The van der Waals surface area contributed by atoms with Gasteiger partial charge in [-0.05, 0) is 23.8 Å². The van der Waals surface area contributed by atoms with E-state index in [-0.39, 0.29) is 11.6 Å². The van der Waals surface area contributed by atoms with E-state index in [1.165, 1.54) is 12.3 Å². The molecule has 0 radical (unpaired) electrons. The number of furan rings is 1. The van der Waals surface area contributed by atoms with Gasteiger partial charge in [-0.25, -0.2) is 4.98 Å². The SMILES string of the molecule is Nc1nc(Cc2ccc(-c3ccco3)c([N+](=O)[O-])c2)c2cn[nH]c2n1. The monoisotopic (exact) mass is 336 g/mol. The van der Waals surface area contributed by atoms with Crippen molar-refractivity contribution >= 4 is 22.7 Å². The number of nitrogens with two attached hydrogens (primary N) is 1. The molecule has 3 heterocycles. The molecule has 0 amide bonds. The van der Waals surface area contributed by atoms with Gasteiger partial charge in [0.15, 0.2) is 5.65 Å². The topological polar surface area (TPSA) is 137 Å². The molecular weight excluding hydrogens is 324 g/mol. The van der Waals surface area contributed by atoms with Crippen molar-refractivity contribution in [2.75, 3.05) is 5.73 Å². The molecule has 0 aliphatic carbocycles. The number of nitrogens with one attached hydrogen (secondary N) is 1. The first-order valence-electron chi connectivity index (χ1n) is 7.38. The highest BCUT2D eigenvalue weighted by atomic mass is 16.6. The maximum atomic E-state index is 11.5. The summed E-state index contributed by atoms with van der Waals surface area (Å²) in [4.78, 5) is 19.3. The minimum Gasteiger partial charge on any atom is -0.464 e. The van der Waals surface area contributed by atoms with Crippen LogP contribution < -0.4 is 5.73 Å². The number of fused-ring (bicyclic) bond motifs is 1. The second-order valence-corrected chi connectivity index (χ2v) is 5.42. The van der Waals surface area contributed by atoms with Crippen molar-refractivity contribution in [3.8, 4) is 11.3 Å². The summed E-state index contributed by atoms with van der Waals surface area (Å²) >= 11 is 0. The minimum atomic E-state index is -0.427. The van der Waals surface area contributed by atoms with Crippen LogP contribution in [0.2, 0.25) is 0 Å². The van der Waals surface area contributed by atoms with Crippen molar-refractivity contribution in [3.63, 3.8) is 0 Å². The lowest BCUT2D eigenvalue weighted by molar-refractivity contribution is -0.384. The molecule has 0 saturated heterocycles. The number of hydrogen-bond acceptors (Lipinski definition) is 7. The van der Waals surface area contributed by atoms with E-state index in [1.807, 2.05) is 0 Å². The van der Waals surface area contributed by atoms with Crippen LogP contribution in [0.15, 0.2) is 47.2 Å². The highest BCUT2D eigenvalue weighted by Crippen LogP contribution is 2.32. The maximum absolute atomic E-state index is 11.5. The number of hydrogen-bond donors (Lipinski definition) is 2. The third kappa shape index (κ3) is 2.67. The Hall–Kier alpha value is -3.75. The lowest BCUT2D eigenvalue weighted by Crippen LogP contribution is -2.02. The quantitative estimate of drug-likeness (QED) is 0.431. The summed E-state index contributed by atoms with van der Waals surface area (Å²) in [6.45, 7) is 0. The van der Waals surface area contributed by atoms with Gasteiger partial charge in [0, 0.05) is 12.5 Å². The fraction of sp³-hybridized carbons (Fsp3) is 0.0625. The summed E-state index contributed by atoms with van der Waals surface area (Å²) in [5, 5.41) is 18.9.